The third-order valence-corrected chi connectivity index (χ3v) is 2.92. The SMILES string of the molecule is Cc1ccc(C(=O)/C=C/c2cc(C)c(O)c(C)c2)o1. The molecule has 0 spiro atoms. The van der Waals surface area contributed by atoms with Gasteiger partial charge in [-0.2, -0.15) is 0 Å². The minimum Gasteiger partial charge on any atom is -0.507 e. The lowest BCUT2D eigenvalue weighted by Crippen LogP contribution is -1.91. The van der Waals surface area contributed by atoms with Gasteiger partial charge in [0, 0.05) is 0 Å². The molecule has 2 aromatic rings. The van der Waals surface area contributed by atoms with Crippen LogP contribution in [0.1, 0.15) is 33.0 Å². The van der Waals surface area contributed by atoms with Crippen LogP contribution < -0.4 is 0 Å². The van der Waals surface area contributed by atoms with Gasteiger partial charge in [0.1, 0.15) is 11.5 Å². The molecule has 2 rings (SSSR count). The van der Waals surface area contributed by atoms with Gasteiger partial charge in [0.05, 0.1) is 0 Å². The number of aryl methyl sites for hydroxylation is 3. The zero-order valence-corrected chi connectivity index (χ0v) is 11.2. The highest BCUT2D eigenvalue weighted by molar-refractivity contribution is 6.04. The van der Waals surface area contributed by atoms with Crippen molar-refractivity contribution in [3.8, 4) is 5.75 Å². The molecule has 0 saturated carbocycles. The maximum atomic E-state index is 11.8. The van der Waals surface area contributed by atoms with E-state index in [0.717, 1.165) is 16.7 Å². The Morgan fingerprint density at radius 1 is 1.16 bits per heavy atom. The number of rotatable bonds is 3. The fraction of sp³-hybridized carbons (Fsp3) is 0.188. The molecule has 0 unspecified atom stereocenters. The number of carbonyl (C=O) groups is 1. The highest BCUT2D eigenvalue weighted by atomic mass is 16.3. The van der Waals surface area contributed by atoms with Gasteiger partial charge >= 0.3 is 0 Å². The second-order valence-electron chi connectivity index (χ2n) is 4.61. The third kappa shape index (κ3) is 2.94. The lowest BCUT2D eigenvalue weighted by molar-refractivity contribution is 0.102. The van der Waals surface area contributed by atoms with Crippen molar-refractivity contribution in [2.75, 3.05) is 0 Å². The van der Waals surface area contributed by atoms with Gasteiger partial charge in [0.15, 0.2) is 5.76 Å². The Balaban J connectivity index is 2.21. The molecule has 0 saturated heterocycles. The van der Waals surface area contributed by atoms with Crippen LogP contribution in [0.3, 0.4) is 0 Å². The number of ketones is 1. The van der Waals surface area contributed by atoms with E-state index in [1.807, 2.05) is 26.0 Å². The predicted octanol–water partition coefficient (Wildman–Crippen LogP) is 3.81. The molecule has 98 valence electrons. The first-order valence-corrected chi connectivity index (χ1v) is 6.06. The molecular formula is C16H16O3. The summed E-state index contributed by atoms with van der Waals surface area (Å²) in [6.07, 6.45) is 3.20. The number of aromatic hydroxyl groups is 1. The largest absolute Gasteiger partial charge is 0.507 e. The summed E-state index contributed by atoms with van der Waals surface area (Å²) in [5, 5.41) is 9.68. The van der Waals surface area contributed by atoms with Crippen LogP contribution in [0.4, 0.5) is 0 Å². The van der Waals surface area contributed by atoms with E-state index in [-0.39, 0.29) is 5.78 Å². The van der Waals surface area contributed by atoms with E-state index in [1.54, 1.807) is 25.1 Å². The van der Waals surface area contributed by atoms with Crippen LogP contribution in [0, 0.1) is 20.8 Å². The summed E-state index contributed by atoms with van der Waals surface area (Å²) in [6.45, 7) is 5.46. The van der Waals surface area contributed by atoms with E-state index in [4.69, 9.17) is 4.42 Å². The third-order valence-electron chi connectivity index (χ3n) is 2.92. The lowest BCUT2D eigenvalue weighted by Gasteiger charge is -2.04. The van der Waals surface area contributed by atoms with E-state index >= 15 is 0 Å². The number of hydrogen-bond acceptors (Lipinski definition) is 3. The van der Waals surface area contributed by atoms with Crippen molar-refractivity contribution in [1.82, 2.24) is 0 Å². The summed E-state index contributed by atoms with van der Waals surface area (Å²) in [4.78, 5) is 11.8. The van der Waals surface area contributed by atoms with Crippen molar-refractivity contribution in [2.24, 2.45) is 0 Å². The topological polar surface area (TPSA) is 50.4 Å². The van der Waals surface area contributed by atoms with Crippen molar-refractivity contribution < 1.29 is 14.3 Å². The summed E-state index contributed by atoms with van der Waals surface area (Å²) in [6, 6.07) is 7.09. The van der Waals surface area contributed by atoms with Crippen LogP contribution in [0.15, 0.2) is 34.8 Å². The summed E-state index contributed by atoms with van der Waals surface area (Å²) in [5.41, 5.74) is 2.46. The monoisotopic (exact) mass is 256 g/mol. The fourth-order valence-electron chi connectivity index (χ4n) is 1.91. The molecule has 0 amide bonds. The summed E-state index contributed by atoms with van der Waals surface area (Å²) >= 11 is 0. The number of phenols is 1. The molecule has 1 heterocycles. The van der Waals surface area contributed by atoms with Crippen LogP contribution in [0.25, 0.3) is 6.08 Å². The Hall–Kier alpha value is -2.29. The lowest BCUT2D eigenvalue weighted by atomic mass is 10.0. The Kier molecular flexibility index (Phi) is 3.56. The molecule has 3 heteroatoms. The molecule has 0 atom stereocenters. The van der Waals surface area contributed by atoms with Gasteiger partial charge in [-0.25, -0.2) is 0 Å². The molecule has 0 aliphatic heterocycles. The van der Waals surface area contributed by atoms with Crippen LogP contribution in [-0.4, -0.2) is 10.9 Å². The van der Waals surface area contributed by atoms with Crippen LogP contribution in [0.2, 0.25) is 0 Å². The molecule has 0 radical (unpaired) electrons. The standard InChI is InChI=1S/C16H16O3/c1-10-8-13(9-11(2)16(10)18)5-6-14(17)15-7-4-12(3)19-15/h4-9,18H,1-3H3/b6-5+. The van der Waals surface area contributed by atoms with Gasteiger partial charge in [0.2, 0.25) is 5.78 Å². The van der Waals surface area contributed by atoms with Gasteiger partial charge in [-0.1, -0.05) is 6.08 Å². The Bertz CT molecular complexity index is 625. The molecule has 0 aliphatic rings. The zero-order chi connectivity index (χ0) is 14.0. The van der Waals surface area contributed by atoms with E-state index in [1.165, 1.54) is 6.08 Å². The van der Waals surface area contributed by atoms with Gasteiger partial charge < -0.3 is 9.52 Å². The number of furan rings is 1. The van der Waals surface area contributed by atoms with E-state index in [0.29, 0.717) is 17.3 Å². The number of allylic oxidation sites excluding steroid dienone is 1. The normalized spacial score (nSPS) is 11.1. The fourth-order valence-corrected chi connectivity index (χ4v) is 1.91. The average Bonchev–Trinajstić information content (AvgIpc) is 2.79. The molecule has 3 nitrogen and oxygen atoms in total. The van der Waals surface area contributed by atoms with Crippen molar-refractivity contribution in [3.05, 3.63) is 58.6 Å². The molecule has 1 aromatic carbocycles. The van der Waals surface area contributed by atoms with Gasteiger partial charge in [-0.05, 0) is 67.8 Å². The highest BCUT2D eigenvalue weighted by Gasteiger charge is 2.06. The molecule has 19 heavy (non-hydrogen) atoms. The van der Waals surface area contributed by atoms with E-state index in [2.05, 4.69) is 0 Å². The van der Waals surface area contributed by atoms with Gasteiger partial charge in [-0.3, -0.25) is 4.79 Å². The quantitative estimate of drug-likeness (QED) is 0.671. The summed E-state index contributed by atoms with van der Waals surface area (Å²) < 4.78 is 5.26. The second-order valence-corrected chi connectivity index (χ2v) is 4.61. The molecule has 1 aromatic heterocycles. The molecule has 1 N–H and O–H groups in total. The van der Waals surface area contributed by atoms with Crippen LogP contribution in [0.5, 0.6) is 5.75 Å². The van der Waals surface area contributed by atoms with Gasteiger partial charge in [0.25, 0.3) is 0 Å². The number of hydrogen-bond donors (Lipinski definition) is 1. The zero-order valence-electron chi connectivity index (χ0n) is 11.2. The first-order valence-electron chi connectivity index (χ1n) is 6.06. The Morgan fingerprint density at radius 2 is 1.79 bits per heavy atom. The number of carbonyl (C=O) groups excluding carboxylic acids is 1. The van der Waals surface area contributed by atoms with Crippen molar-refractivity contribution >= 4 is 11.9 Å². The molecule has 0 fully saturated rings. The Morgan fingerprint density at radius 3 is 2.32 bits per heavy atom. The van der Waals surface area contributed by atoms with Crippen molar-refractivity contribution in [2.45, 2.75) is 20.8 Å². The molecule has 0 aliphatic carbocycles. The molecular weight excluding hydrogens is 240 g/mol. The highest BCUT2D eigenvalue weighted by Crippen LogP contribution is 2.23. The number of phenolic OH excluding ortho intramolecular Hbond substituents is 1. The van der Waals surface area contributed by atoms with Crippen LogP contribution >= 0.6 is 0 Å². The average molecular weight is 256 g/mol. The summed E-state index contributed by atoms with van der Waals surface area (Å²) in [7, 11) is 0. The minimum atomic E-state index is -0.170. The number of benzene rings is 1. The maximum Gasteiger partial charge on any atom is 0.221 e. The predicted molar refractivity (Wildman–Crippen MR) is 74.4 cm³/mol. The minimum absolute atomic E-state index is 0.170. The smallest absolute Gasteiger partial charge is 0.221 e. The van der Waals surface area contributed by atoms with E-state index in [9.17, 15) is 9.90 Å². The van der Waals surface area contributed by atoms with Gasteiger partial charge in [-0.15, -0.1) is 0 Å². The second kappa shape index (κ2) is 5.14. The summed E-state index contributed by atoms with van der Waals surface area (Å²) in [5.74, 6) is 1.18. The molecule has 0 bridgehead atoms. The first kappa shape index (κ1) is 13.1. The maximum absolute atomic E-state index is 11.8. The first-order chi connectivity index (χ1) is 8.97. The van der Waals surface area contributed by atoms with Crippen molar-refractivity contribution in [1.29, 1.82) is 0 Å². The Labute approximate surface area is 112 Å². The van der Waals surface area contributed by atoms with Crippen LogP contribution in [-0.2, 0) is 0 Å². The van der Waals surface area contributed by atoms with Crippen molar-refractivity contribution in [3.63, 3.8) is 0 Å². The van der Waals surface area contributed by atoms with E-state index < -0.39 is 0 Å².